The zero-order valence-corrected chi connectivity index (χ0v) is 20.7. The average Bonchev–Trinajstić information content (AvgIpc) is 3.23. The molecule has 0 aromatic carbocycles. The Hall–Kier alpha value is -3.67. The summed E-state index contributed by atoms with van der Waals surface area (Å²) in [6.07, 6.45) is 1.07. The van der Waals surface area contributed by atoms with Crippen LogP contribution in [-0.2, 0) is 29.1 Å². The molecule has 0 radical (unpaired) electrons. The zero-order valence-electron chi connectivity index (χ0n) is 19.1. The van der Waals surface area contributed by atoms with Crippen LogP contribution in [0.4, 0.5) is 5.13 Å². The van der Waals surface area contributed by atoms with Gasteiger partial charge in [-0.1, -0.05) is 5.16 Å². The first-order chi connectivity index (χ1) is 16.8. The number of amidine groups is 1. The van der Waals surface area contributed by atoms with E-state index in [2.05, 4.69) is 19.4 Å². The lowest BCUT2D eigenvalue weighted by atomic mass is 9.74. The fourth-order valence-corrected chi connectivity index (χ4v) is 4.24. The Bertz CT molecular complexity index is 1310. The summed E-state index contributed by atoms with van der Waals surface area (Å²) in [4.78, 5) is 38.6. The highest BCUT2D eigenvalue weighted by Crippen LogP contribution is 2.40. The minimum Gasteiger partial charge on any atom is -0.490 e. The Morgan fingerprint density at radius 3 is 2.67 bits per heavy atom. The first-order valence-electron chi connectivity index (χ1n) is 10.2. The highest BCUT2D eigenvalue weighted by atomic mass is 32.3. The van der Waals surface area contributed by atoms with E-state index in [1.165, 1.54) is 31.5 Å². The van der Waals surface area contributed by atoms with Crippen molar-refractivity contribution in [3.8, 4) is 5.75 Å². The van der Waals surface area contributed by atoms with Gasteiger partial charge in [0.25, 0.3) is 5.91 Å². The molecule has 2 aromatic heterocycles. The number of anilines is 1. The highest BCUT2D eigenvalue weighted by Gasteiger charge is 2.57. The predicted octanol–water partition coefficient (Wildman–Crippen LogP) is 0.135. The first-order valence-corrected chi connectivity index (χ1v) is 12.4. The number of rotatable bonds is 12. The number of hydrogen-bond acceptors (Lipinski definition) is 13. The molecule has 17 heteroatoms. The lowest BCUT2D eigenvalue weighted by Crippen LogP contribution is -2.68. The van der Waals surface area contributed by atoms with Gasteiger partial charge in [0.2, 0.25) is 0 Å². The average molecular weight is 542 g/mol. The van der Waals surface area contributed by atoms with Crippen LogP contribution in [-0.4, -0.2) is 70.0 Å². The Morgan fingerprint density at radius 2 is 2.08 bits per heavy atom. The second kappa shape index (κ2) is 10.5. The smallest absolute Gasteiger partial charge is 0.418 e. The Kier molecular flexibility index (Phi) is 7.87. The van der Waals surface area contributed by atoms with E-state index < -0.39 is 33.5 Å². The van der Waals surface area contributed by atoms with E-state index >= 15 is 0 Å². The van der Waals surface area contributed by atoms with Gasteiger partial charge >= 0.3 is 10.4 Å². The summed E-state index contributed by atoms with van der Waals surface area (Å²) in [6, 6.07) is 3.04. The third-order valence-corrected chi connectivity index (χ3v) is 6.08. The SMILES string of the molecule is CC1(C)C(CC(=O)/C(=N\OCCOc2ccnc(C(=N)N)c2)c2csc(N)n2)C(=O)N1OS(=O)(=O)O. The van der Waals surface area contributed by atoms with Gasteiger partial charge in [0.1, 0.15) is 29.6 Å². The van der Waals surface area contributed by atoms with Gasteiger partial charge in [-0.25, -0.2) is 4.98 Å². The first kappa shape index (κ1) is 26.9. The maximum Gasteiger partial charge on any atom is 0.418 e. The van der Waals surface area contributed by atoms with Crippen LogP contribution in [0.5, 0.6) is 5.75 Å². The van der Waals surface area contributed by atoms with Gasteiger partial charge < -0.3 is 21.0 Å². The molecule has 1 unspecified atom stereocenters. The molecule has 0 saturated carbocycles. The molecule has 36 heavy (non-hydrogen) atoms. The third-order valence-electron chi connectivity index (χ3n) is 5.07. The normalized spacial score (nSPS) is 17.4. The van der Waals surface area contributed by atoms with Crippen LogP contribution in [0.3, 0.4) is 0 Å². The molecule has 1 aliphatic heterocycles. The summed E-state index contributed by atoms with van der Waals surface area (Å²) in [5.41, 5.74) is 10.0. The molecule has 0 spiro atoms. The molecule has 6 N–H and O–H groups in total. The fourth-order valence-electron chi connectivity index (χ4n) is 3.24. The van der Waals surface area contributed by atoms with Gasteiger partial charge in [-0.05, 0) is 19.9 Å². The molecule has 3 heterocycles. The number of oxime groups is 1. The summed E-state index contributed by atoms with van der Waals surface area (Å²) in [5, 5.41) is 13.4. The number of nitrogens with zero attached hydrogens (tertiary/aromatic N) is 4. The molecule has 1 amide bonds. The fraction of sp³-hybridized carbons (Fsp3) is 0.368. The Labute approximate surface area is 209 Å². The second-order valence-electron chi connectivity index (χ2n) is 7.95. The largest absolute Gasteiger partial charge is 0.490 e. The standard InChI is InChI=1S/C19H23N7O8S2/c1-19(2)11(17(28)26(19)34-36(29,30)31)8-14(27)15(13-9-35-18(22)24-13)25-33-6-5-32-10-3-4-23-12(7-10)16(20)21/h3-4,7,9,11H,5-6,8H2,1-2H3,(H3,20,21)(H2,22,24)(H,29,30,31)/b25-15-. The molecule has 15 nitrogen and oxygen atoms in total. The van der Waals surface area contributed by atoms with Crippen molar-refractivity contribution in [1.82, 2.24) is 15.0 Å². The van der Waals surface area contributed by atoms with Gasteiger partial charge in [0.15, 0.2) is 23.2 Å². The number of thiazole rings is 1. The summed E-state index contributed by atoms with van der Waals surface area (Å²) >= 11 is 1.07. The third kappa shape index (κ3) is 6.30. The molecular weight excluding hydrogens is 518 g/mol. The maximum absolute atomic E-state index is 13.0. The van der Waals surface area contributed by atoms with E-state index in [-0.39, 0.29) is 47.7 Å². The number of β-lactam (4-membered cyclic amide) rings is 1. The summed E-state index contributed by atoms with van der Waals surface area (Å²) < 4.78 is 40.6. The van der Waals surface area contributed by atoms with E-state index in [9.17, 15) is 18.0 Å². The van der Waals surface area contributed by atoms with Gasteiger partial charge in [-0.15, -0.1) is 15.6 Å². The van der Waals surface area contributed by atoms with Crippen LogP contribution in [0.2, 0.25) is 0 Å². The number of nitrogens with one attached hydrogen (secondary N) is 1. The number of ketones is 1. The molecule has 1 aliphatic rings. The summed E-state index contributed by atoms with van der Waals surface area (Å²) in [7, 11) is -4.92. The van der Waals surface area contributed by atoms with Gasteiger partial charge in [0.05, 0.1) is 11.5 Å². The van der Waals surface area contributed by atoms with E-state index in [0.29, 0.717) is 10.8 Å². The minimum atomic E-state index is -4.92. The van der Waals surface area contributed by atoms with Crippen molar-refractivity contribution in [2.24, 2.45) is 16.8 Å². The van der Waals surface area contributed by atoms with Crippen LogP contribution >= 0.6 is 11.3 Å². The number of aromatic nitrogens is 2. The number of carbonyl (C=O) groups is 2. The van der Waals surface area contributed by atoms with Crippen molar-refractivity contribution in [3.63, 3.8) is 0 Å². The molecule has 0 bridgehead atoms. The highest BCUT2D eigenvalue weighted by molar-refractivity contribution is 7.80. The zero-order chi connectivity index (χ0) is 26.7. The van der Waals surface area contributed by atoms with Crippen LogP contribution in [0, 0.1) is 11.3 Å². The predicted molar refractivity (Wildman–Crippen MR) is 126 cm³/mol. The van der Waals surface area contributed by atoms with E-state index in [4.69, 9.17) is 31.0 Å². The van der Waals surface area contributed by atoms with Crippen molar-refractivity contribution in [3.05, 3.63) is 35.1 Å². The van der Waals surface area contributed by atoms with Gasteiger partial charge in [0, 0.05) is 24.1 Å². The number of hydroxylamine groups is 2. The number of amides is 1. The number of hydrogen-bond donors (Lipinski definition) is 4. The summed E-state index contributed by atoms with van der Waals surface area (Å²) in [6.45, 7) is 2.90. The molecule has 1 fully saturated rings. The molecule has 2 aromatic rings. The topological polar surface area (TPSA) is 233 Å². The second-order valence-corrected chi connectivity index (χ2v) is 9.85. The number of ether oxygens (including phenoxy) is 1. The van der Waals surface area contributed by atoms with Gasteiger partial charge in [-0.3, -0.25) is 24.5 Å². The molecule has 0 aliphatic carbocycles. The summed E-state index contributed by atoms with van der Waals surface area (Å²) in [5.74, 6) is -2.20. The van der Waals surface area contributed by atoms with E-state index in [1.54, 1.807) is 6.07 Å². The lowest BCUT2D eigenvalue weighted by molar-refractivity contribution is -0.228. The number of Topliss-reactive ketones (excluding diaryl/α,β-unsaturated/α-hetero) is 1. The Balaban J connectivity index is 1.65. The molecule has 1 saturated heterocycles. The van der Waals surface area contributed by atoms with Crippen LogP contribution < -0.4 is 16.2 Å². The molecule has 194 valence electrons. The van der Waals surface area contributed by atoms with Crippen LogP contribution in [0.1, 0.15) is 31.7 Å². The van der Waals surface area contributed by atoms with Crippen molar-refractivity contribution in [2.45, 2.75) is 25.8 Å². The Morgan fingerprint density at radius 1 is 1.36 bits per heavy atom. The number of nitrogens with two attached hydrogens (primary N) is 2. The molecule has 1 atom stereocenters. The maximum atomic E-state index is 13.0. The van der Waals surface area contributed by atoms with Crippen molar-refractivity contribution < 1.29 is 36.4 Å². The van der Waals surface area contributed by atoms with E-state index in [1.807, 2.05) is 0 Å². The van der Waals surface area contributed by atoms with E-state index in [0.717, 1.165) is 11.3 Å². The van der Waals surface area contributed by atoms with Gasteiger partial charge in [-0.2, -0.15) is 13.5 Å². The van der Waals surface area contributed by atoms with Crippen molar-refractivity contribution >= 4 is 50.1 Å². The number of nitrogen functional groups attached to an aromatic ring is 2. The van der Waals surface area contributed by atoms with Crippen molar-refractivity contribution in [2.75, 3.05) is 18.9 Å². The van der Waals surface area contributed by atoms with Crippen molar-refractivity contribution in [1.29, 1.82) is 5.41 Å². The van der Waals surface area contributed by atoms with Crippen LogP contribution in [0.15, 0.2) is 28.9 Å². The number of pyridine rings is 1. The molecule has 3 rings (SSSR count). The van der Waals surface area contributed by atoms with Crippen LogP contribution in [0.25, 0.3) is 0 Å². The number of carbonyl (C=O) groups excluding carboxylic acids is 2. The monoisotopic (exact) mass is 541 g/mol. The quantitative estimate of drug-likeness (QED) is 0.0701. The lowest BCUT2D eigenvalue weighted by Gasteiger charge is -2.50. The minimum absolute atomic E-state index is 0.0294. The molecular formula is C19H23N7O8S2.